The van der Waals surface area contributed by atoms with Gasteiger partial charge >= 0.3 is 5.97 Å². The van der Waals surface area contributed by atoms with Gasteiger partial charge in [-0.15, -0.1) is 0 Å². The van der Waals surface area contributed by atoms with Crippen molar-refractivity contribution in [2.75, 3.05) is 0 Å². The van der Waals surface area contributed by atoms with Crippen molar-refractivity contribution in [3.05, 3.63) is 70.7 Å². The fourth-order valence-electron chi connectivity index (χ4n) is 2.42. The maximum absolute atomic E-state index is 12.1. The van der Waals surface area contributed by atoms with Gasteiger partial charge in [0.05, 0.1) is 6.42 Å². The van der Waals surface area contributed by atoms with Crippen LogP contribution in [-0.4, -0.2) is 18.0 Å². The third kappa shape index (κ3) is 5.91. The maximum atomic E-state index is 12.1. The number of benzene rings is 2. The predicted octanol–water partition coefficient (Wildman–Crippen LogP) is 4.08. The van der Waals surface area contributed by atoms with E-state index in [0.29, 0.717) is 11.6 Å². The molecule has 4 nitrogen and oxygen atoms in total. The molecular formula is C20H22ClNO3. The zero-order valence-corrected chi connectivity index (χ0v) is 15.1. The smallest absolute Gasteiger partial charge is 0.307 e. The molecule has 0 saturated carbocycles. The molecule has 2 aromatic rings. The van der Waals surface area contributed by atoms with Crippen LogP contribution in [0, 0.1) is 0 Å². The summed E-state index contributed by atoms with van der Waals surface area (Å²) in [5.41, 5.74) is 1.88. The number of carbonyl (C=O) groups excluding carboxylic acids is 2. The van der Waals surface area contributed by atoms with Gasteiger partial charge in [-0.2, -0.15) is 0 Å². The SMILES string of the molecule is C[C@H](CC(=O)O[C@H](C)C(=O)NCc1ccccc1Cl)c1ccccc1. The van der Waals surface area contributed by atoms with Crippen LogP contribution in [0.2, 0.25) is 5.02 Å². The highest BCUT2D eigenvalue weighted by Crippen LogP contribution is 2.19. The summed E-state index contributed by atoms with van der Waals surface area (Å²) >= 11 is 6.05. The second kappa shape index (κ2) is 9.23. The highest BCUT2D eigenvalue weighted by Gasteiger charge is 2.19. The zero-order chi connectivity index (χ0) is 18.2. The Kier molecular flexibility index (Phi) is 7.02. The van der Waals surface area contributed by atoms with Crippen LogP contribution in [-0.2, 0) is 20.9 Å². The Hall–Kier alpha value is -2.33. The zero-order valence-electron chi connectivity index (χ0n) is 14.4. The quantitative estimate of drug-likeness (QED) is 0.758. The van der Waals surface area contributed by atoms with Gasteiger partial charge in [-0.05, 0) is 30.0 Å². The third-order valence-corrected chi connectivity index (χ3v) is 4.30. The van der Waals surface area contributed by atoms with Gasteiger partial charge in [0.25, 0.3) is 5.91 Å². The minimum atomic E-state index is -0.849. The van der Waals surface area contributed by atoms with Gasteiger partial charge in [-0.1, -0.05) is 67.1 Å². The van der Waals surface area contributed by atoms with Crippen LogP contribution in [0.25, 0.3) is 0 Å². The van der Waals surface area contributed by atoms with Crippen molar-refractivity contribution in [2.45, 2.75) is 38.8 Å². The molecule has 0 aliphatic heterocycles. The summed E-state index contributed by atoms with van der Waals surface area (Å²) in [6.07, 6.45) is -0.621. The number of esters is 1. The lowest BCUT2D eigenvalue weighted by molar-refractivity contribution is -0.155. The first-order valence-corrected chi connectivity index (χ1v) is 8.60. The molecule has 2 rings (SSSR count). The van der Waals surface area contributed by atoms with Gasteiger partial charge in [0, 0.05) is 11.6 Å². The normalized spacial score (nSPS) is 12.9. The molecule has 0 unspecified atom stereocenters. The molecule has 0 spiro atoms. The average molecular weight is 360 g/mol. The Labute approximate surface area is 153 Å². The summed E-state index contributed by atoms with van der Waals surface area (Å²) in [5, 5.41) is 3.32. The Morgan fingerprint density at radius 2 is 1.68 bits per heavy atom. The van der Waals surface area contributed by atoms with Crippen LogP contribution in [0.1, 0.15) is 37.3 Å². The van der Waals surface area contributed by atoms with E-state index in [4.69, 9.17) is 16.3 Å². The van der Waals surface area contributed by atoms with E-state index in [1.54, 1.807) is 13.0 Å². The van der Waals surface area contributed by atoms with E-state index < -0.39 is 12.1 Å². The molecular weight excluding hydrogens is 338 g/mol. The number of amides is 1. The van der Waals surface area contributed by atoms with Gasteiger partial charge in [-0.3, -0.25) is 9.59 Å². The Morgan fingerprint density at radius 3 is 2.36 bits per heavy atom. The predicted molar refractivity (Wildman–Crippen MR) is 98.3 cm³/mol. The average Bonchev–Trinajstić information content (AvgIpc) is 2.61. The van der Waals surface area contributed by atoms with Gasteiger partial charge in [0.15, 0.2) is 6.10 Å². The highest BCUT2D eigenvalue weighted by atomic mass is 35.5. The fourth-order valence-corrected chi connectivity index (χ4v) is 2.62. The van der Waals surface area contributed by atoms with Crippen LogP contribution in [0.5, 0.6) is 0 Å². The first-order valence-electron chi connectivity index (χ1n) is 8.23. The van der Waals surface area contributed by atoms with Gasteiger partial charge in [-0.25, -0.2) is 0 Å². The van der Waals surface area contributed by atoms with Crippen LogP contribution >= 0.6 is 11.6 Å². The molecule has 0 radical (unpaired) electrons. The van der Waals surface area contributed by atoms with E-state index in [1.165, 1.54) is 0 Å². The van der Waals surface area contributed by atoms with Crippen molar-refractivity contribution in [1.29, 1.82) is 0 Å². The number of nitrogens with one attached hydrogen (secondary N) is 1. The van der Waals surface area contributed by atoms with E-state index in [2.05, 4.69) is 5.32 Å². The van der Waals surface area contributed by atoms with E-state index in [9.17, 15) is 9.59 Å². The van der Waals surface area contributed by atoms with E-state index in [0.717, 1.165) is 11.1 Å². The first-order chi connectivity index (χ1) is 12.0. The van der Waals surface area contributed by atoms with Crippen LogP contribution in [0.4, 0.5) is 0 Å². The topological polar surface area (TPSA) is 55.4 Å². The number of ether oxygens (including phenoxy) is 1. The molecule has 1 N–H and O–H groups in total. The van der Waals surface area contributed by atoms with Crippen molar-refractivity contribution in [3.63, 3.8) is 0 Å². The fraction of sp³-hybridized carbons (Fsp3) is 0.300. The lowest BCUT2D eigenvalue weighted by atomic mass is 9.98. The minimum absolute atomic E-state index is 0.0343. The number of carbonyl (C=O) groups is 2. The van der Waals surface area contributed by atoms with Crippen molar-refractivity contribution in [3.8, 4) is 0 Å². The van der Waals surface area contributed by atoms with Gasteiger partial charge < -0.3 is 10.1 Å². The van der Waals surface area contributed by atoms with Crippen LogP contribution in [0.3, 0.4) is 0 Å². The largest absolute Gasteiger partial charge is 0.453 e. The molecule has 0 aliphatic carbocycles. The Balaban J connectivity index is 1.80. The highest BCUT2D eigenvalue weighted by molar-refractivity contribution is 6.31. The summed E-state index contributed by atoms with van der Waals surface area (Å²) in [7, 11) is 0. The second-order valence-electron chi connectivity index (χ2n) is 5.96. The summed E-state index contributed by atoms with van der Waals surface area (Å²) in [4.78, 5) is 24.1. The van der Waals surface area contributed by atoms with E-state index in [1.807, 2.05) is 55.5 Å². The first kappa shape index (κ1) is 19.0. The number of hydrogen-bond donors (Lipinski definition) is 1. The molecule has 1 amide bonds. The number of hydrogen-bond acceptors (Lipinski definition) is 3. The lowest BCUT2D eigenvalue weighted by Crippen LogP contribution is -2.35. The van der Waals surface area contributed by atoms with Crippen molar-refractivity contribution >= 4 is 23.5 Å². The minimum Gasteiger partial charge on any atom is -0.453 e. The number of rotatable bonds is 7. The van der Waals surface area contributed by atoms with Gasteiger partial charge in [0.2, 0.25) is 0 Å². The summed E-state index contributed by atoms with van der Waals surface area (Å²) in [6, 6.07) is 17.0. The summed E-state index contributed by atoms with van der Waals surface area (Å²) < 4.78 is 5.24. The van der Waals surface area contributed by atoms with E-state index >= 15 is 0 Å². The van der Waals surface area contributed by atoms with Crippen molar-refractivity contribution < 1.29 is 14.3 Å². The van der Waals surface area contributed by atoms with Crippen LogP contribution in [0.15, 0.2) is 54.6 Å². The Morgan fingerprint density at radius 1 is 1.04 bits per heavy atom. The molecule has 2 atom stereocenters. The van der Waals surface area contributed by atoms with Crippen molar-refractivity contribution in [1.82, 2.24) is 5.32 Å². The Bertz CT molecular complexity index is 718. The lowest BCUT2D eigenvalue weighted by Gasteiger charge is -2.16. The van der Waals surface area contributed by atoms with Crippen molar-refractivity contribution in [2.24, 2.45) is 0 Å². The van der Waals surface area contributed by atoms with Crippen LogP contribution < -0.4 is 5.32 Å². The molecule has 132 valence electrons. The third-order valence-electron chi connectivity index (χ3n) is 3.93. The maximum Gasteiger partial charge on any atom is 0.307 e. The molecule has 0 bridgehead atoms. The molecule has 0 heterocycles. The van der Waals surface area contributed by atoms with E-state index in [-0.39, 0.29) is 18.2 Å². The molecule has 25 heavy (non-hydrogen) atoms. The number of halogens is 1. The molecule has 5 heteroatoms. The molecule has 0 aromatic heterocycles. The second-order valence-corrected chi connectivity index (χ2v) is 6.36. The monoisotopic (exact) mass is 359 g/mol. The molecule has 0 fully saturated rings. The summed E-state index contributed by atoms with van der Waals surface area (Å²) in [5.74, 6) is -0.704. The molecule has 0 saturated heterocycles. The standard InChI is InChI=1S/C20H22ClNO3/c1-14(16-8-4-3-5-9-16)12-19(23)25-15(2)20(24)22-13-17-10-6-7-11-18(17)21/h3-11,14-15H,12-13H2,1-2H3,(H,22,24)/t14-,15-/m1/s1. The molecule has 2 aromatic carbocycles. The molecule has 0 aliphatic rings. The van der Waals surface area contributed by atoms with Gasteiger partial charge in [0.1, 0.15) is 0 Å². The summed E-state index contributed by atoms with van der Waals surface area (Å²) in [6.45, 7) is 3.81.